The molecule has 2 N–H and O–H groups in total. The van der Waals surface area contributed by atoms with Crippen molar-refractivity contribution in [1.29, 1.82) is 5.26 Å². The smallest absolute Gasteiger partial charge is 0.315 e. The minimum atomic E-state index is -3.70. The Bertz CT molecular complexity index is 1040. The molecule has 1 amide bonds. The lowest BCUT2D eigenvalue weighted by molar-refractivity contribution is -0.133. The molecule has 0 saturated carbocycles. The lowest BCUT2D eigenvalue weighted by Crippen LogP contribution is -2.43. The monoisotopic (exact) mass is 456 g/mol. The summed E-state index contributed by atoms with van der Waals surface area (Å²) in [6, 6.07) is 7.74. The molecule has 2 rings (SSSR count). The van der Waals surface area contributed by atoms with Crippen molar-refractivity contribution < 1.29 is 31.5 Å². The molecule has 0 saturated heterocycles. The molecule has 0 radical (unpaired) electrons. The topological polar surface area (TPSA) is 123 Å². The van der Waals surface area contributed by atoms with Crippen LogP contribution >= 0.6 is 0 Å². The lowest BCUT2D eigenvalue weighted by atomic mass is 9.99. The normalized spacial score (nSPS) is 13.3. The molecule has 8 nitrogen and oxygen atoms in total. The first-order chi connectivity index (χ1) is 14.6. The number of halogens is 3. The van der Waals surface area contributed by atoms with E-state index < -0.39 is 41.2 Å². The molecule has 0 fully saturated rings. The fraction of sp³-hybridized carbons (Fsp3) is 0.316. The van der Waals surface area contributed by atoms with Crippen molar-refractivity contribution in [3.63, 3.8) is 0 Å². The van der Waals surface area contributed by atoms with Crippen LogP contribution in [0.3, 0.4) is 0 Å². The van der Waals surface area contributed by atoms with Crippen LogP contribution in [0.25, 0.3) is 11.1 Å². The van der Waals surface area contributed by atoms with E-state index in [0.717, 1.165) is 6.26 Å². The molecule has 0 unspecified atom stereocenters. The summed E-state index contributed by atoms with van der Waals surface area (Å²) in [5.74, 6) is -1.67. The number of carbonyl (C=O) groups excluding carboxylic acids is 1. The highest BCUT2D eigenvalue weighted by molar-refractivity contribution is 7.88. The number of rotatable bonds is 9. The van der Waals surface area contributed by atoms with Crippen molar-refractivity contribution >= 4 is 15.9 Å². The maximum atomic E-state index is 13.1. The van der Waals surface area contributed by atoms with Gasteiger partial charge in [-0.15, -0.1) is 0 Å². The Hall–Kier alpha value is -3.17. The predicted octanol–water partition coefficient (Wildman–Crippen LogP) is 1.74. The SMILES string of the molecule is CS(=O)(=O)N(C#N)Cc1ccc(-c2ccc([C@@H](O)[C@@H](CF)NC(=O)C(F)F)cc2)cn1. The highest BCUT2D eigenvalue weighted by Crippen LogP contribution is 2.24. The zero-order valence-corrected chi connectivity index (χ0v) is 17.1. The quantitative estimate of drug-likeness (QED) is 0.438. The van der Waals surface area contributed by atoms with Gasteiger partial charge in [-0.05, 0) is 17.2 Å². The number of amides is 1. The van der Waals surface area contributed by atoms with Crippen LogP contribution in [0.5, 0.6) is 0 Å². The molecule has 1 heterocycles. The molecule has 31 heavy (non-hydrogen) atoms. The number of nitriles is 1. The number of nitrogens with one attached hydrogen (secondary N) is 1. The lowest BCUT2D eigenvalue weighted by Gasteiger charge is -2.22. The molecule has 12 heteroatoms. The Kier molecular flexibility index (Phi) is 7.95. The zero-order valence-electron chi connectivity index (χ0n) is 16.2. The van der Waals surface area contributed by atoms with Crippen molar-refractivity contribution in [2.24, 2.45) is 0 Å². The molecule has 0 aliphatic heterocycles. The fourth-order valence-corrected chi connectivity index (χ4v) is 3.13. The van der Waals surface area contributed by atoms with Gasteiger partial charge in [-0.2, -0.15) is 14.0 Å². The molecule has 1 aromatic carbocycles. The standard InChI is InChI=1S/C19H19F3N4O4S/c1-31(29,30)26(11-23)10-15-7-6-14(9-24-15)12-2-4-13(5-3-12)17(27)16(8-20)25-19(28)18(21)22/h2-7,9,16-18,27H,8,10H2,1H3,(H,25,28)/t16-,17-/m1/s1. The Morgan fingerprint density at radius 3 is 2.29 bits per heavy atom. The summed E-state index contributed by atoms with van der Waals surface area (Å²) in [6.07, 6.45) is -0.908. The van der Waals surface area contributed by atoms with Crippen molar-refractivity contribution in [3.8, 4) is 17.3 Å². The largest absolute Gasteiger partial charge is 0.386 e. The third-order valence-electron chi connectivity index (χ3n) is 4.30. The second-order valence-electron chi connectivity index (χ2n) is 6.54. The van der Waals surface area contributed by atoms with Crippen molar-refractivity contribution in [2.45, 2.75) is 25.1 Å². The minimum absolute atomic E-state index is 0.211. The number of nitrogens with zero attached hydrogens (tertiary/aromatic N) is 3. The first-order valence-electron chi connectivity index (χ1n) is 8.82. The maximum absolute atomic E-state index is 13.1. The number of hydrogen-bond donors (Lipinski definition) is 2. The van der Waals surface area contributed by atoms with Crippen LogP contribution in [-0.4, -0.2) is 54.1 Å². The number of aliphatic hydroxyl groups excluding tert-OH is 1. The van der Waals surface area contributed by atoms with Gasteiger partial charge in [-0.25, -0.2) is 17.1 Å². The first kappa shape index (κ1) is 24.1. The minimum Gasteiger partial charge on any atom is -0.386 e. The van der Waals surface area contributed by atoms with Crippen LogP contribution in [0.4, 0.5) is 13.2 Å². The number of benzene rings is 1. The molecule has 0 bridgehead atoms. The summed E-state index contributed by atoms with van der Waals surface area (Å²) in [7, 11) is -3.70. The molecule has 0 spiro atoms. The second kappa shape index (κ2) is 10.2. The van der Waals surface area contributed by atoms with Crippen LogP contribution in [0.1, 0.15) is 17.4 Å². The first-order valence-corrected chi connectivity index (χ1v) is 10.7. The van der Waals surface area contributed by atoms with Crippen LogP contribution in [0.2, 0.25) is 0 Å². The molecule has 0 aliphatic rings. The Morgan fingerprint density at radius 1 is 1.23 bits per heavy atom. The van der Waals surface area contributed by atoms with Gasteiger partial charge in [0.15, 0.2) is 6.19 Å². The number of aliphatic hydroxyl groups is 1. The Balaban J connectivity index is 2.12. The summed E-state index contributed by atoms with van der Waals surface area (Å²) < 4.78 is 61.3. The number of sulfonamides is 1. The van der Waals surface area contributed by atoms with E-state index in [1.807, 2.05) is 0 Å². The van der Waals surface area contributed by atoms with Gasteiger partial charge in [0, 0.05) is 11.8 Å². The Morgan fingerprint density at radius 2 is 1.84 bits per heavy atom. The highest BCUT2D eigenvalue weighted by atomic mass is 32.2. The molecule has 1 aromatic heterocycles. The van der Waals surface area contributed by atoms with Gasteiger partial charge in [0.05, 0.1) is 24.5 Å². The number of hydrogen-bond acceptors (Lipinski definition) is 6. The predicted molar refractivity (Wildman–Crippen MR) is 105 cm³/mol. The summed E-state index contributed by atoms with van der Waals surface area (Å²) in [4.78, 5) is 15.2. The average Bonchev–Trinajstić information content (AvgIpc) is 2.74. The van der Waals surface area contributed by atoms with Crippen molar-refractivity contribution in [3.05, 3.63) is 53.9 Å². The summed E-state index contributed by atoms with van der Waals surface area (Å²) in [6.45, 7) is -1.45. The molecule has 2 aromatic rings. The molecular weight excluding hydrogens is 437 g/mol. The van der Waals surface area contributed by atoms with Gasteiger partial charge in [0.2, 0.25) is 10.0 Å². The van der Waals surface area contributed by atoms with Gasteiger partial charge < -0.3 is 10.4 Å². The van der Waals surface area contributed by atoms with E-state index in [1.54, 1.807) is 35.8 Å². The van der Waals surface area contributed by atoms with Gasteiger partial charge in [0.25, 0.3) is 5.91 Å². The van der Waals surface area contributed by atoms with Gasteiger partial charge in [-0.1, -0.05) is 30.3 Å². The fourth-order valence-electron chi connectivity index (χ4n) is 2.62. The van der Waals surface area contributed by atoms with Crippen LogP contribution < -0.4 is 5.32 Å². The highest BCUT2D eigenvalue weighted by Gasteiger charge is 2.26. The summed E-state index contributed by atoms with van der Waals surface area (Å²) in [5.41, 5.74) is 1.86. The van der Waals surface area contributed by atoms with Crippen LogP contribution in [0, 0.1) is 11.5 Å². The van der Waals surface area contributed by atoms with E-state index in [9.17, 15) is 31.5 Å². The summed E-state index contributed by atoms with van der Waals surface area (Å²) >= 11 is 0. The van der Waals surface area contributed by atoms with Crippen molar-refractivity contribution in [1.82, 2.24) is 14.6 Å². The van der Waals surface area contributed by atoms with Gasteiger partial charge in [0.1, 0.15) is 12.8 Å². The number of pyridine rings is 1. The van der Waals surface area contributed by atoms with Gasteiger partial charge >= 0.3 is 6.43 Å². The van der Waals surface area contributed by atoms with E-state index in [2.05, 4.69) is 4.98 Å². The van der Waals surface area contributed by atoms with Crippen LogP contribution in [-0.2, 0) is 21.4 Å². The van der Waals surface area contributed by atoms with E-state index in [1.165, 1.54) is 18.3 Å². The Labute approximate surface area is 177 Å². The maximum Gasteiger partial charge on any atom is 0.315 e. The molecule has 0 aliphatic carbocycles. The third kappa shape index (κ3) is 6.40. The number of aromatic nitrogens is 1. The zero-order chi connectivity index (χ0) is 23.2. The van der Waals surface area contributed by atoms with Gasteiger partial charge in [-0.3, -0.25) is 9.78 Å². The number of alkyl halides is 3. The van der Waals surface area contributed by atoms with Crippen LogP contribution in [0.15, 0.2) is 42.6 Å². The molecular formula is C19H19F3N4O4S. The van der Waals surface area contributed by atoms with E-state index >= 15 is 0 Å². The number of carbonyl (C=O) groups is 1. The van der Waals surface area contributed by atoms with E-state index in [4.69, 9.17) is 5.26 Å². The molecule has 166 valence electrons. The van der Waals surface area contributed by atoms with E-state index in [0.29, 0.717) is 21.1 Å². The van der Waals surface area contributed by atoms with Crippen molar-refractivity contribution in [2.75, 3.05) is 12.9 Å². The third-order valence-corrected chi connectivity index (χ3v) is 5.31. The second-order valence-corrected chi connectivity index (χ2v) is 8.45. The van der Waals surface area contributed by atoms with E-state index in [-0.39, 0.29) is 12.1 Å². The summed E-state index contributed by atoms with van der Waals surface area (Å²) in [5, 5.41) is 20.9. The molecule has 2 atom stereocenters. The average molecular weight is 456 g/mol.